The second-order valence-electron chi connectivity index (χ2n) is 6.28. The van der Waals surface area contributed by atoms with E-state index in [1.54, 1.807) is 18.4 Å². The third-order valence-electron chi connectivity index (χ3n) is 4.67. The number of rotatable bonds is 4. The van der Waals surface area contributed by atoms with Crippen molar-refractivity contribution in [1.82, 2.24) is 9.29 Å². The molecule has 0 N–H and O–H groups in total. The van der Waals surface area contributed by atoms with Gasteiger partial charge in [0, 0.05) is 25.8 Å². The van der Waals surface area contributed by atoms with Gasteiger partial charge in [0.15, 0.2) is 0 Å². The van der Waals surface area contributed by atoms with Crippen molar-refractivity contribution < 1.29 is 17.6 Å². The van der Waals surface area contributed by atoms with Crippen LogP contribution < -0.4 is 4.90 Å². The van der Waals surface area contributed by atoms with Crippen molar-refractivity contribution >= 4 is 15.8 Å². The summed E-state index contributed by atoms with van der Waals surface area (Å²) in [6.45, 7) is 3.10. The van der Waals surface area contributed by atoms with Gasteiger partial charge in [-0.2, -0.15) is 4.31 Å². The lowest BCUT2D eigenvalue weighted by Gasteiger charge is -2.32. The maximum atomic E-state index is 12.6. The maximum absolute atomic E-state index is 12.6. The van der Waals surface area contributed by atoms with Gasteiger partial charge in [0.2, 0.25) is 10.0 Å². The number of anilines is 1. The van der Waals surface area contributed by atoms with E-state index in [0.29, 0.717) is 32.8 Å². The molecule has 0 amide bonds. The summed E-state index contributed by atoms with van der Waals surface area (Å²) in [4.78, 5) is 6.73. The molecular weight excluding hydrogens is 342 g/mol. The van der Waals surface area contributed by atoms with Crippen molar-refractivity contribution in [2.24, 2.45) is 0 Å². The Morgan fingerprint density at radius 1 is 1.12 bits per heavy atom. The van der Waals surface area contributed by atoms with Gasteiger partial charge in [-0.25, -0.2) is 13.4 Å². The fourth-order valence-electron chi connectivity index (χ4n) is 3.29. The quantitative estimate of drug-likeness (QED) is 0.827. The maximum Gasteiger partial charge on any atom is 0.244 e. The SMILES string of the molecule is O=S(=O)(c1ccc(N2CCOC(c3ccco3)C2)nc1)N1CCCC1. The highest BCUT2D eigenvalue weighted by atomic mass is 32.2. The van der Waals surface area contributed by atoms with Crippen LogP contribution in [0, 0.1) is 0 Å². The normalized spacial score (nSPS) is 22.4. The van der Waals surface area contributed by atoms with Gasteiger partial charge in [-0.1, -0.05) is 0 Å². The third-order valence-corrected chi connectivity index (χ3v) is 6.56. The Bertz CT molecular complexity index is 799. The molecule has 0 spiro atoms. The Balaban J connectivity index is 1.50. The standard InChI is InChI=1S/C17H21N3O4S/c21-25(22,20-7-1-2-8-20)14-5-6-17(18-12-14)19-9-11-24-16(13-19)15-4-3-10-23-15/h3-6,10,12,16H,1-2,7-9,11,13H2. The molecule has 25 heavy (non-hydrogen) atoms. The predicted molar refractivity (Wildman–Crippen MR) is 91.8 cm³/mol. The molecule has 7 nitrogen and oxygen atoms in total. The van der Waals surface area contributed by atoms with E-state index in [2.05, 4.69) is 9.88 Å². The van der Waals surface area contributed by atoms with Crippen molar-refractivity contribution in [2.75, 3.05) is 37.7 Å². The van der Waals surface area contributed by atoms with Gasteiger partial charge in [-0.05, 0) is 37.1 Å². The van der Waals surface area contributed by atoms with Crippen LogP contribution in [0.25, 0.3) is 0 Å². The second-order valence-corrected chi connectivity index (χ2v) is 8.22. The van der Waals surface area contributed by atoms with Crippen LogP contribution in [0.4, 0.5) is 5.82 Å². The van der Waals surface area contributed by atoms with E-state index in [-0.39, 0.29) is 11.0 Å². The number of pyridine rings is 1. The van der Waals surface area contributed by atoms with E-state index in [4.69, 9.17) is 9.15 Å². The van der Waals surface area contributed by atoms with Crippen LogP contribution in [-0.4, -0.2) is 50.5 Å². The molecule has 0 radical (unpaired) electrons. The van der Waals surface area contributed by atoms with Crippen LogP contribution in [0.1, 0.15) is 24.7 Å². The number of hydrogen-bond acceptors (Lipinski definition) is 6. The zero-order valence-corrected chi connectivity index (χ0v) is 14.7. The summed E-state index contributed by atoms with van der Waals surface area (Å²) < 4.78 is 37.8. The summed E-state index contributed by atoms with van der Waals surface area (Å²) in [5.74, 6) is 1.54. The Morgan fingerprint density at radius 3 is 2.64 bits per heavy atom. The zero-order valence-electron chi connectivity index (χ0n) is 13.9. The summed E-state index contributed by atoms with van der Waals surface area (Å²) in [6.07, 6.45) is 4.80. The molecule has 2 saturated heterocycles. The average Bonchev–Trinajstić information content (AvgIpc) is 3.36. The number of nitrogens with zero attached hydrogens (tertiary/aromatic N) is 3. The summed E-state index contributed by atoms with van der Waals surface area (Å²) in [6, 6.07) is 7.15. The summed E-state index contributed by atoms with van der Waals surface area (Å²) in [5, 5.41) is 0. The second kappa shape index (κ2) is 6.78. The number of morpholine rings is 1. The van der Waals surface area contributed by atoms with E-state index < -0.39 is 10.0 Å². The molecule has 1 unspecified atom stereocenters. The first-order chi connectivity index (χ1) is 12.1. The van der Waals surface area contributed by atoms with Crippen molar-refractivity contribution in [2.45, 2.75) is 23.8 Å². The molecule has 2 aromatic heterocycles. The Labute approximate surface area is 147 Å². The van der Waals surface area contributed by atoms with Crippen LogP contribution in [-0.2, 0) is 14.8 Å². The van der Waals surface area contributed by atoms with Crippen molar-refractivity contribution in [3.63, 3.8) is 0 Å². The molecular formula is C17H21N3O4S. The van der Waals surface area contributed by atoms with E-state index >= 15 is 0 Å². The van der Waals surface area contributed by atoms with Crippen molar-refractivity contribution in [3.05, 3.63) is 42.5 Å². The number of sulfonamides is 1. The Morgan fingerprint density at radius 2 is 1.96 bits per heavy atom. The van der Waals surface area contributed by atoms with Gasteiger partial charge in [-0.15, -0.1) is 0 Å². The minimum Gasteiger partial charge on any atom is -0.467 e. The van der Waals surface area contributed by atoms with E-state index in [0.717, 1.165) is 24.4 Å². The summed E-state index contributed by atoms with van der Waals surface area (Å²) in [7, 11) is -3.42. The number of hydrogen-bond donors (Lipinski definition) is 0. The number of ether oxygens (including phenoxy) is 1. The average molecular weight is 363 g/mol. The molecule has 0 aromatic carbocycles. The minimum atomic E-state index is -3.42. The monoisotopic (exact) mass is 363 g/mol. The lowest BCUT2D eigenvalue weighted by Crippen LogP contribution is -2.38. The van der Waals surface area contributed by atoms with Crippen LogP contribution in [0.15, 0.2) is 46.0 Å². The number of aromatic nitrogens is 1. The van der Waals surface area contributed by atoms with Crippen LogP contribution >= 0.6 is 0 Å². The summed E-state index contributed by atoms with van der Waals surface area (Å²) in [5.41, 5.74) is 0. The smallest absolute Gasteiger partial charge is 0.244 e. The van der Waals surface area contributed by atoms with Gasteiger partial charge >= 0.3 is 0 Å². The van der Waals surface area contributed by atoms with Crippen LogP contribution in [0.3, 0.4) is 0 Å². The predicted octanol–water partition coefficient (Wildman–Crippen LogP) is 2.04. The van der Waals surface area contributed by atoms with Crippen molar-refractivity contribution in [1.29, 1.82) is 0 Å². The highest BCUT2D eigenvalue weighted by Gasteiger charge is 2.28. The Hall–Kier alpha value is -1.90. The molecule has 0 bridgehead atoms. The van der Waals surface area contributed by atoms with Gasteiger partial charge in [0.25, 0.3) is 0 Å². The third kappa shape index (κ3) is 3.29. The van der Waals surface area contributed by atoms with E-state index in [1.165, 1.54) is 10.5 Å². The lowest BCUT2D eigenvalue weighted by molar-refractivity contribution is 0.0255. The lowest BCUT2D eigenvalue weighted by atomic mass is 10.2. The van der Waals surface area contributed by atoms with Crippen molar-refractivity contribution in [3.8, 4) is 0 Å². The molecule has 2 aliphatic heterocycles. The van der Waals surface area contributed by atoms with E-state index in [9.17, 15) is 8.42 Å². The summed E-state index contributed by atoms with van der Waals surface area (Å²) >= 11 is 0. The highest BCUT2D eigenvalue weighted by Crippen LogP contribution is 2.26. The van der Waals surface area contributed by atoms with Gasteiger partial charge in [0.05, 0.1) is 19.4 Å². The highest BCUT2D eigenvalue weighted by molar-refractivity contribution is 7.89. The first-order valence-corrected chi connectivity index (χ1v) is 9.95. The Kier molecular flexibility index (Phi) is 4.49. The van der Waals surface area contributed by atoms with Crippen LogP contribution in [0.2, 0.25) is 0 Å². The topological polar surface area (TPSA) is 75.9 Å². The molecule has 4 rings (SSSR count). The molecule has 1 atom stereocenters. The molecule has 4 heterocycles. The minimum absolute atomic E-state index is 0.140. The van der Waals surface area contributed by atoms with Gasteiger partial charge in [0.1, 0.15) is 22.6 Å². The molecule has 0 saturated carbocycles. The molecule has 2 aliphatic rings. The molecule has 2 aromatic rings. The molecule has 2 fully saturated rings. The van der Waals surface area contributed by atoms with Crippen LogP contribution in [0.5, 0.6) is 0 Å². The number of furan rings is 1. The van der Waals surface area contributed by atoms with Gasteiger partial charge < -0.3 is 14.1 Å². The van der Waals surface area contributed by atoms with Gasteiger partial charge in [-0.3, -0.25) is 0 Å². The molecule has 8 heteroatoms. The fraction of sp³-hybridized carbons (Fsp3) is 0.471. The fourth-order valence-corrected chi connectivity index (χ4v) is 4.76. The first kappa shape index (κ1) is 16.6. The van der Waals surface area contributed by atoms with E-state index in [1.807, 2.05) is 12.1 Å². The first-order valence-electron chi connectivity index (χ1n) is 8.51. The largest absolute Gasteiger partial charge is 0.467 e. The zero-order chi connectivity index (χ0) is 17.3. The molecule has 0 aliphatic carbocycles. The molecule has 134 valence electrons.